The van der Waals surface area contributed by atoms with Crippen molar-refractivity contribution in [3.63, 3.8) is 0 Å². The van der Waals surface area contributed by atoms with E-state index in [4.69, 9.17) is 0 Å². The number of hydrogen-bond acceptors (Lipinski definition) is 5. The van der Waals surface area contributed by atoms with Crippen molar-refractivity contribution in [2.45, 2.75) is 4.90 Å². The molecule has 1 aliphatic heterocycles. The molecule has 1 heterocycles. The number of fused-ring (bicyclic) bond motifs is 1. The van der Waals surface area contributed by atoms with Crippen molar-refractivity contribution in [3.05, 3.63) is 48.0 Å². The molecule has 2 aromatic carbocycles. The molecule has 20 heavy (non-hydrogen) atoms. The minimum Gasteiger partial charge on any atom is -0.506 e. The first-order chi connectivity index (χ1) is 9.61. The van der Waals surface area contributed by atoms with E-state index in [9.17, 15) is 13.9 Å². The minimum atomic E-state index is -0.527. The molecule has 0 radical (unpaired) electrons. The van der Waals surface area contributed by atoms with Crippen LogP contribution in [0.1, 0.15) is 0 Å². The van der Waals surface area contributed by atoms with Crippen molar-refractivity contribution in [1.29, 1.82) is 0 Å². The van der Waals surface area contributed by atoms with Gasteiger partial charge in [0.1, 0.15) is 23.1 Å². The Morgan fingerprint density at radius 2 is 1.85 bits per heavy atom. The largest absolute Gasteiger partial charge is 0.506 e. The summed E-state index contributed by atoms with van der Waals surface area (Å²) in [6.45, 7) is 0. The summed E-state index contributed by atoms with van der Waals surface area (Å²) < 4.78 is 28.8. The van der Waals surface area contributed by atoms with Crippen molar-refractivity contribution in [2.75, 3.05) is 5.32 Å². The van der Waals surface area contributed by atoms with E-state index < -0.39 is 5.82 Å². The van der Waals surface area contributed by atoms with Gasteiger partial charge in [-0.15, -0.1) is 0 Å². The fraction of sp³-hybridized carbons (Fsp3) is 0. The number of phenolic OH excluding ortho intramolecular Hbond substituents is 1. The predicted molar refractivity (Wildman–Crippen MR) is 74.2 cm³/mol. The zero-order valence-corrected chi connectivity index (χ0v) is 10.8. The highest BCUT2D eigenvalue weighted by atomic mass is 32.2. The van der Waals surface area contributed by atoms with E-state index in [1.807, 2.05) is 0 Å². The molecule has 102 valence electrons. The third kappa shape index (κ3) is 2.53. The molecule has 0 saturated carbocycles. The molecule has 0 aliphatic carbocycles. The molecular formula is C13H9F2N3OS. The van der Waals surface area contributed by atoms with E-state index >= 15 is 0 Å². The Balaban J connectivity index is 1.89. The standard InChI is InChI=1S/C13H9F2N3OS/c14-7-1-3-9(4-2-7)16-13-17-12-10(19)5-8(15)6-11(12)20-18-13/h1-6,19H,(H2,16,17,18). The van der Waals surface area contributed by atoms with Crippen LogP contribution < -0.4 is 10.0 Å². The van der Waals surface area contributed by atoms with Crippen LogP contribution in [-0.2, 0) is 0 Å². The number of halogens is 2. The first kappa shape index (κ1) is 12.7. The topological polar surface area (TPSA) is 56.7 Å². The number of aliphatic imine (C=N–C) groups is 1. The summed E-state index contributed by atoms with van der Waals surface area (Å²) in [4.78, 5) is 4.66. The fourth-order valence-electron chi connectivity index (χ4n) is 1.71. The zero-order chi connectivity index (χ0) is 14.1. The van der Waals surface area contributed by atoms with Crippen LogP contribution in [0.2, 0.25) is 0 Å². The van der Waals surface area contributed by atoms with Gasteiger partial charge < -0.3 is 10.4 Å². The van der Waals surface area contributed by atoms with Crippen LogP contribution in [0.4, 0.5) is 20.2 Å². The summed E-state index contributed by atoms with van der Waals surface area (Å²) in [5.74, 6) is -0.717. The second kappa shape index (κ2) is 5.01. The third-order valence-electron chi connectivity index (χ3n) is 2.61. The smallest absolute Gasteiger partial charge is 0.211 e. The van der Waals surface area contributed by atoms with Gasteiger partial charge in [-0.1, -0.05) is 0 Å². The Morgan fingerprint density at radius 3 is 2.60 bits per heavy atom. The normalized spacial score (nSPS) is 13.2. The van der Waals surface area contributed by atoms with Gasteiger partial charge in [-0.2, -0.15) is 0 Å². The highest BCUT2D eigenvalue weighted by Crippen LogP contribution is 2.39. The van der Waals surface area contributed by atoms with Gasteiger partial charge in [0.15, 0.2) is 0 Å². The molecule has 1 aliphatic rings. The highest BCUT2D eigenvalue weighted by Gasteiger charge is 2.17. The van der Waals surface area contributed by atoms with Gasteiger partial charge in [-0.25, -0.2) is 13.8 Å². The van der Waals surface area contributed by atoms with Crippen LogP contribution in [0, 0.1) is 11.6 Å². The molecule has 0 atom stereocenters. The molecular weight excluding hydrogens is 284 g/mol. The van der Waals surface area contributed by atoms with Crippen molar-refractivity contribution in [2.24, 2.45) is 4.99 Å². The van der Waals surface area contributed by atoms with Crippen LogP contribution in [-0.4, -0.2) is 11.1 Å². The Morgan fingerprint density at radius 1 is 1.10 bits per heavy atom. The number of nitrogens with one attached hydrogen (secondary N) is 2. The molecule has 0 bridgehead atoms. The lowest BCUT2D eigenvalue weighted by Crippen LogP contribution is -2.26. The Kier molecular flexibility index (Phi) is 3.19. The molecule has 3 rings (SSSR count). The lowest BCUT2D eigenvalue weighted by molar-refractivity contribution is 0.468. The molecule has 0 saturated heterocycles. The second-order valence-electron chi connectivity index (χ2n) is 4.07. The minimum absolute atomic E-state index is 0.229. The SMILES string of the molecule is Oc1cc(F)cc2c1N=C(Nc1ccc(F)cc1)NS2. The van der Waals surface area contributed by atoms with E-state index in [1.54, 1.807) is 12.1 Å². The predicted octanol–water partition coefficient (Wildman–Crippen LogP) is 3.38. The molecule has 0 amide bonds. The first-order valence-corrected chi connectivity index (χ1v) is 6.50. The zero-order valence-electron chi connectivity index (χ0n) is 10.0. The van der Waals surface area contributed by atoms with Crippen molar-refractivity contribution in [3.8, 4) is 5.75 Å². The molecule has 4 nitrogen and oxygen atoms in total. The summed E-state index contributed by atoms with van der Waals surface area (Å²) >= 11 is 1.13. The molecule has 2 aromatic rings. The second-order valence-corrected chi connectivity index (χ2v) is 4.92. The molecule has 0 unspecified atom stereocenters. The summed E-state index contributed by atoms with van der Waals surface area (Å²) in [5.41, 5.74) is 0.933. The quantitative estimate of drug-likeness (QED) is 0.706. The van der Waals surface area contributed by atoms with E-state index in [2.05, 4.69) is 15.0 Å². The molecule has 3 N–H and O–H groups in total. The Bertz CT molecular complexity index is 689. The summed E-state index contributed by atoms with van der Waals surface area (Å²) in [7, 11) is 0. The number of nitrogens with zero attached hydrogens (tertiary/aromatic N) is 1. The van der Waals surface area contributed by atoms with Crippen molar-refractivity contribution >= 4 is 29.3 Å². The number of hydrogen-bond donors (Lipinski definition) is 3. The average Bonchev–Trinajstić information content (AvgIpc) is 2.42. The van der Waals surface area contributed by atoms with Crippen LogP contribution in [0.3, 0.4) is 0 Å². The Labute approximate surface area is 117 Å². The maximum Gasteiger partial charge on any atom is 0.211 e. The molecule has 0 fully saturated rings. The van der Waals surface area contributed by atoms with Crippen LogP contribution in [0.25, 0.3) is 0 Å². The van der Waals surface area contributed by atoms with Gasteiger partial charge in [-0.05, 0) is 42.3 Å². The van der Waals surface area contributed by atoms with Gasteiger partial charge in [-0.3, -0.25) is 4.72 Å². The van der Waals surface area contributed by atoms with Gasteiger partial charge in [0.25, 0.3) is 0 Å². The average molecular weight is 293 g/mol. The van der Waals surface area contributed by atoms with E-state index in [-0.39, 0.29) is 11.6 Å². The highest BCUT2D eigenvalue weighted by molar-refractivity contribution is 7.98. The number of benzene rings is 2. The van der Waals surface area contributed by atoms with Crippen LogP contribution in [0.15, 0.2) is 46.3 Å². The number of anilines is 1. The fourth-order valence-corrected chi connectivity index (χ4v) is 2.43. The van der Waals surface area contributed by atoms with Gasteiger partial charge in [0.2, 0.25) is 5.96 Å². The summed E-state index contributed by atoms with van der Waals surface area (Å²) in [6.07, 6.45) is 0. The molecule has 0 aromatic heterocycles. The number of phenols is 1. The third-order valence-corrected chi connectivity index (χ3v) is 3.43. The molecule has 0 spiro atoms. The van der Waals surface area contributed by atoms with Crippen LogP contribution >= 0.6 is 11.9 Å². The van der Waals surface area contributed by atoms with E-state index in [1.165, 1.54) is 18.2 Å². The number of aromatic hydroxyl groups is 1. The molecule has 7 heteroatoms. The van der Waals surface area contributed by atoms with Gasteiger partial charge in [0.05, 0.1) is 4.90 Å². The maximum absolute atomic E-state index is 13.1. The lowest BCUT2D eigenvalue weighted by Gasteiger charge is -2.18. The van der Waals surface area contributed by atoms with Crippen molar-refractivity contribution < 1.29 is 13.9 Å². The van der Waals surface area contributed by atoms with E-state index in [0.717, 1.165) is 18.0 Å². The maximum atomic E-state index is 13.1. The van der Waals surface area contributed by atoms with Gasteiger partial charge >= 0.3 is 0 Å². The lowest BCUT2D eigenvalue weighted by atomic mass is 10.3. The summed E-state index contributed by atoms with van der Waals surface area (Å²) in [5, 5.41) is 12.6. The summed E-state index contributed by atoms with van der Waals surface area (Å²) in [6, 6.07) is 8.04. The van der Waals surface area contributed by atoms with Crippen molar-refractivity contribution in [1.82, 2.24) is 4.72 Å². The van der Waals surface area contributed by atoms with Crippen LogP contribution in [0.5, 0.6) is 5.75 Å². The Hall–Kier alpha value is -2.28. The monoisotopic (exact) mass is 293 g/mol. The number of guanidine groups is 1. The first-order valence-electron chi connectivity index (χ1n) is 5.68. The van der Waals surface area contributed by atoms with Gasteiger partial charge in [0, 0.05) is 11.8 Å². The van der Waals surface area contributed by atoms with E-state index in [0.29, 0.717) is 22.2 Å². The number of rotatable bonds is 1.